The molecule has 23 heavy (non-hydrogen) atoms. The average molecular weight is 339 g/mol. The second-order valence-corrected chi connectivity index (χ2v) is 7.16. The zero-order chi connectivity index (χ0) is 17.3. The molecule has 1 aliphatic carbocycles. The molecule has 0 bridgehead atoms. The Kier molecular flexibility index (Phi) is 5.39. The van der Waals surface area contributed by atoms with Gasteiger partial charge in [0.05, 0.1) is 6.10 Å². The van der Waals surface area contributed by atoms with Crippen LogP contribution in [0.1, 0.15) is 39.7 Å². The Hall–Kier alpha value is -1.10. The van der Waals surface area contributed by atoms with Crippen LogP contribution in [0.3, 0.4) is 0 Å². The number of benzene rings is 1. The van der Waals surface area contributed by atoms with Crippen molar-refractivity contribution >= 4 is 17.5 Å². The lowest BCUT2D eigenvalue weighted by molar-refractivity contribution is -0.179. The van der Waals surface area contributed by atoms with Crippen molar-refractivity contribution in [1.29, 1.82) is 0 Å². The van der Waals surface area contributed by atoms with Gasteiger partial charge in [-0.1, -0.05) is 43.6 Å². The summed E-state index contributed by atoms with van der Waals surface area (Å²) in [6, 6.07) is 7.59. The monoisotopic (exact) mass is 338 g/mol. The van der Waals surface area contributed by atoms with Gasteiger partial charge in [-0.2, -0.15) is 0 Å². The number of nitrogens with zero attached hydrogens (tertiary/aromatic N) is 1. The molecule has 0 saturated heterocycles. The van der Waals surface area contributed by atoms with Gasteiger partial charge in [-0.3, -0.25) is 4.79 Å². The maximum atomic E-state index is 13.1. The predicted molar refractivity (Wildman–Crippen MR) is 93.3 cm³/mol. The molecule has 128 valence electrons. The van der Waals surface area contributed by atoms with Crippen LogP contribution in [0.15, 0.2) is 24.3 Å². The largest absolute Gasteiger partial charge is 0.378 e. The van der Waals surface area contributed by atoms with Gasteiger partial charge < -0.3 is 15.4 Å². The van der Waals surface area contributed by atoms with Crippen molar-refractivity contribution in [3.8, 4) is 0 Å². The van der Waals surface area contributed by atoms with Crippen molar-refractivity contribution < 1.29 is 9.53 Å². The van der Waals surface area contributed by atoms with E-state index in [4.69, 9.17) is 22.1 Å². The van der Waals surface area contributed by atoms with Crippen LogP contribution in [-0.4, -0.2) is 35.6 Å². The highest BCUT2D eigenvalue weighted by Crippen LogP contribution is 2.50. The van der Waals surface area contributed by atoms with E-state index < -0.39 is 5.54 Å². The summed E-state index contributed by atoms with van der Waals surface area (Å²) in [5, 5.41) is 0.671. The summed E-state index contributed by atoms with van der Waals surface area (Å²) in [6.45, 7) is 9.65. The van der Waals surface area contributed by atoms with Crippen LogP contribution in [0, 0.1) is 5.41 Å². The zero-order valence-corrected chi connectivity index (χ0v) is 15.2. The van der Waals surface area contributed by atoms with Gasteiger partial charge in [0.15, 0.2) is 0 Å². The summed E-state index contributed by atoms with van der Waals surface area (Å²) in [6.07, 6.45) is 0.589. The standard InChI is InChI=1S/C18H27ClN2O2/c1-5-21(12-13-9-7-8-10-14(13)19)16(22)18(20)11-15(23-6-2)17(18,3)4/h7-10,15H,5-6,11-12,20H2,1-4H3. The summed E-state index contributed by atoms with van der Waals surface area (Å²) in [5.74, 6) is -0.0270. The van der Waals surface area contributed by atoms with Crippen molar-refractivity contribution in [3.63, 3.8) is 0 Å². The smallest absolute Gasteiger partial charge is 0.243 e. The third kappa shape index (κ3) is 3.12. The number of carbonyl (C=O) groups is 1. The highest BCUT2D eigenvalue weighted by Gasteiger charge is 2.63. The van der Waals surface area contributed by atoms with E-state index in [1.807, 2.05) is 52.0 Å². The molecule has 2 atom stereocenters. The van der Waals surface area contributed by atoms with E-state index >= 15 is 0 Å². The van der Waals surface area contributed by atoms with Crippen molar-refractivity contribution in [2.45, 2.75) is 52.3 Å². The number of halogens is 1. The van der Waals surface area contributed by atoms with Crippen LogP contribution < -0.4 is 5.73 Å². The van der Waals surface area contributed by atoms with Gasteiger partial charge in [0.2, 0.25) is 5.91 Å². The van der Waals surface area contributed by atoms with E-state index in [2.05, 4.69) is 0 Å². The van der Waals surface area contributed by atoms with E-state index in [1.165, 1.54) is 0 Å². The number of amides is 1. The van der Waals surface area contributed by atoms with E-state index in [1.54, 1.807) is 4.90 Å². The quantitative estimate of drug-likeness (QED) is 0.866. The van der Waals surface area contributed by atoms with E-state index in [9.17, 15) is 4.79 Å². The molecule has 0 aromatic heterocycles. The Morgan fingerprint density at radius 1 is 1.39 bits per heavy atom. The zero-order valence-electron chi connectivity index (χ0n) is 14.4. The molecule has 2 rings (SSSR count). The first kappa shape index (κ1) is 18.2. The minimum absolute atomic E-state index is 0.0270. The van der Waals surface area contributed by atoms with Crippen molar-refractivity contribution in [2.24, 2.45) is 11.1 Å². The maximum Gasteiger partial charge on any atom is 0.243 e. The highest BCUT2D eigenvalue weighted by atomic mass is 35.5. The van der Waals surface area contributed by atoms with Crippen LogP contribution >= 0.6 is 11.6 Å². The molecule has 1 aromatic carbocycles. The first-order valence-corrected chi connectivity index (χ1v) is 8.59. The Morgan fingerprint density at radius 3 is 2.57 bits per heavy atom. The maximum absolute atomic E-state index is 13.1. The fourth-order valence-corrected chi connectivity index (χ4v) is 3.44. The lowest BCUT2D eigenvalue weighted by atomic mass is 9.54. The SMILES string of the molecule is CCOC1CC(N)(C(=O)N(CC)Cc2ccccc2Cl)C1(C)C. The Bertz CT molecular complexity index is 576. The Labute approximate surface area is 143 Å². The number of hydrogen-bond donors (Lipinski definition) is 1. The first-order chi connectivity index (χ1) is 10.8. The van der Waals surface area contributed by atoms with Gasteiger partial charge in [-0.25, -0.2) is 0 Å². The van der Waals surface area contributed by atoms with Crippen LogP contribution in [0.25, 0.3) is 0 Å². The Morgan fingerprint density at radius 2 is 2.04 bits per heavy atom. The summed E-state index contributed by atoms with van der Waals surface area (Å²) >= 11 is 6.22. The van der Waals surface area contributed by atoms with E-state index in [-0.39, 0.29) is 17.4 Å². The summed E-state index contributed by atoms with van der Waals surface area (Å²) in [5.41, 5.74) is 6.18. The van der Waals surface area contributed by atoms with E-state index in [0.717, 1.165) is 5.56 Å². The number of ether oxygens (including phenoxy) is 1. The van der Waals surface area contributed by atoms with Gasteiger partial charge in [-0.15, -0.1) is 0 Å². The summed E-state index contributed by atoms with van der Waals surface area (Å²) in [4.78, 5) is 14.8. The summed E-state index contributed by atoms with van der Waals surface area (Å²) in [7, 11) is 0. The van der Waals surface area contributed by atoms with Crippen LogP contribution in [0.2, 0.25) is 5.02 Å². The molecular formula is C18H27ClN2O2. The van der Waals surface area contributed by atoms with Crippen molar-refractivity contribution in [1.82, 2.24) is 4.90 Å². The van der Waals surface area contributed by atoms with Crippen LogP contribution in [-0.2, 0) is 16.1 Å². The molecule has 4 nitrogen and oxygen atoms in total. The van der Waals surface area contributed by atoms with Crippen LogP contribution in [0.5, 0.6) is 0 Å². The normalized spacial score (nSPS) is 25.7. The molecule has 2 N–H and O–H groups in total. The fourth-order valence-electron chi connectivity index (χ4n) is 3.24. The molecule has 0 heterocycles. The minimum Gasteiger partial charge on any atom is -0.378 e. The molecule has 0 spiro atoms. The van der Waals surface area contributed by atoms with E-state index in [0.29, 0.717) is 31.1 Å². The topological polar surface area (TPSA) is 55.6 Å². The van der Waals surface area contributed by atoms with Crippen molar-refractivity contribution in [3.05, 3.63) is 34.9 Å². The second-order valence-electron chi connectivity index (χ2n) is 6.75. The number of nitrogens with two attached hydrogens (primary N) is 1. The van der Waals surface area contributed by atoms with Gasteiger partial charge in [-0.05, 0) is 25.5 Å². The van der Waals surface area contributed by atoms with Gasteiger partial charge >= 0.3 is 0 Å². The van der Waals surface area contributed by atoms with Crippen molar-refractivity contribution in [2.75, 3.05) is 13.2 Å². The average Bonchev–Trinajstić information content (AvgIpc) is 2.53. The van der Waals surface area contributed by atoms with Gasteiger partial charge in [0.25, 0.3) is 0 Å². The minimum atomic E-state index is -0.885. The molecule has 5 heteroatoms. The molecule has 1 fully saturated rings. The lowest BCUT2D eigenvalue weighted by Crippen LogP contribution is -2.76. The second kappa shape index (κ2) is 6.80. The van der Waals surface area contributed by atoms with Gasteiger partial charge in [0, 0.05) is 36.6 Å². The number of hydrogen-bond acceptors (Lipinski definition) is 3. The number of carbonyl (C=O) groups excluding carboxylic acids is 1. The number of rotatable bonds is 6. The molecule has 1 saturated carbocycles. The molecule has 2 unspecified atom stereocenters. The number of likely N-dealkylation sites (N-methyl/N-ethyl adjacent to an activating group) is 1. The highest BCUT2D eigenvalue weighted by molar-refractivity contribution is 6.31. The third-order valence-corrected chi connectivity index (χ3v) is 5.57. The molecule has 1 amide bonds. The molecule has 1 aromatic rings. The molecule has 0 aliphatic heterocycles. The fraction of sp³-hybridized carbons (Fsp3) is 0.611. The van der Waals surface area contributed by atoms with Gasteiger partial charge in [0.1, 0.15) is 5.54 Å². The summed E-state index contributed by atoms with van der Waals surface area (Å²) < 4.78 is 5.72. The third-order valence-electron chi connectivity index (χ3n) is 5.20. The van der Waals surface area contributed by atoms with Crippen LogP contribution in [0.4, 0.5) is 0 Å². The predicted octanol–water partition coefficient (Wildman–Crippen LogP) is 3.22. The molecular weight excluding hydrogens is 312 g/mol. The first-order valence-electron chi connectivity index (χ1n) is 8.21. The molecule has 0 radical (unpaired) electrons. The Balaban J connectivity index is 2.16. The molecule has 1 aliphatic rings. The lowest BCUT2D eigenvalue weighted by Gasteiger charge is -2.58.